The summed E-state index contributed by atoms with van der Waals surface area (Å²) in [5.41, 5.74) is 12.4. The molecule has 1 aliphatic rings. The molecule has 22 nitrogen and oxygen atoms in total. The van der Waals surface area contributed by atoms with E-state index in [1.807, 2.05) is 43.3 Å². The molecule has 1 fully saturated rings. The first-order chi connectivity index (χ1) is 33.3. The number of likely N-dealkylation sites (N-methyl/N-ethyl adjacent to an activating group) is 1. The van der Waals surface area contributed by atoms with E-state index in [0.717, 1.165) is 10.5 Å². The van der Waals surface area contributed by atoms with Gasteiger partial charge in [0, 0.05) is 33.0 Å². The number of hydrogen-bond donors (Lipinski definition) is 10. The largest absolute Gasteiger partial charge is 0.480 e. The van der Waals surface area contributed by atoms with Crippen molar-refractivity contribution in [3.8, 4) is 0 Å². The van der Waals surface area contributed by atoms with Crippen LogP contribution in [0.3, 0.4) is 0 Å². The fraction of sp³-hybridized carbons (Fsp3) is 0.551. The number of carboxylic acid groups (broad SMARTS) is 2. The molecule has 10 atom stereocenters. The third-order valence-corrected chi connectivity index (χ3v) is 12.0. The quantitative estimate of drug-likeness (QED) is 0.0379. The molecule has 1 saturated heterocycles. The van der Waals surface area contributed by atoms with Gasteiger partial charge in [-0.05, 0) is 57.4 Å². The van der Waals surface area contributed by atoms with Crippen LogP contribution in [-0.4, -0.2) is 137 Å². The number of aliphatic imine (C=N–C) groups is 1. The SMILES string of the molecule is C=C1C(=O)N[C@H](C)C(=O)N[C@@H](CC(C)C)C(=O)N[C@@H](C(=O)O)[C@H](C)C(=O)N[C@@H](CCCN=C(N)N)C(=O)N[C@@H](/C=C/C(C)=C/[C@H](C)[C@H](Cc2ccccc2)OC)[C@H](C)C(=O)N[C@H](C(=O)O)CCC(=O)N1C. The minimum atomic E-state index is -1.88. The van der Waals surface area contributed by atoms with Gasteiger partial charge in [-0.3, -0.25) is 38.6 Å². The Balaban J connectivity index is 2.73. The van der Waals surface area contributed by atoms with E-state index in [1.54, 1.807) is 34.0 Å². The van der Waals surface area contributed by atoms with Crippen molar-refractivity contribution >= 4 is 59.2 Å². The first-order valence-corrected chi connectivity index (χ1v) is 23.5. The van der Waals surface area contributed by atoms with Gasteiger partial charge in [0.15, 0.2) is 5.96 Å². The van der Waals surface area contributed by atoms with Crippen molar-refractivity contribution in [3.63, 3.8) is 0 Å². The van der Waals surface area contributed by atoms with E-state index in [0.29, 0.717) is 12.0 Å². The molecular formula is C49H74N10O12. The molecule has 2 rings (SSSR count). The number of nitrogens with two attached hydrogens (primary N) is 2. The molecule has 1 aromatic carbocycles. The van der Waals surface area contributed by atoms with E-state index in [-0.39, 0.29) is 49.7 Å². The molecule has 0 radical (unpaired) electrons. The number of carbonyl (C=O) groups excluding carboxylic acids is 7. The van der Waals surface area contributed by atoms with Gasteiger partial charge < -0.3 is 63.2 Å². The number of methoxy groups -OCH3 is 1. The molecule has 0 spiro atoms. The van der Waals surface area contributed by atoms with E-state index in [1.165, 1.54) is 33.9 Å². The van der Waals surface area contributed by atoms with E-state index in [4.69, 9.17) is 16.2 Å². The smallest absolute Gasteiger partial charge is 0.327 e. The van der Waals surface area contributed by atoms with Crippen LogP contribution in [0.4, 0.5) is 0 Å². The minimum Gasteiger partial charge on any atom is -0.480 e. The number of ether oxygens (including phenoxy) is 1. The molecule has 12 N–H and O–H groups in total. The predicted molar refractivity (Wildman–Crippen MR) is 264 cm³/mol. The van der Waals surface area contributed by atoms with Crippen LogP contribution in [0, 0.1) is 23.7 Å². The fourth-order valence-electron chi connectivity index (χ4n) is 7.46. The molecule has 0 aliphatic carbocycles. The van der Waals surface area contributed by atoms with Crippen LogP contribution in [0.1, 0.15) is 86.1 Å². The summed E-state index contributed by atoms with van der Waals surface area (Å²) in [6.07, 6.45) is 4.64. The number of hydrogen-bond acceptors (Lipinski definition) is 11. The highest BCUT2D eigenvalue weighted by molar-refractivity contribution is 6.00. The second-order valence-corrected chi connectivity index (χ2v) is 18.3. The zero-order valence-electron chi connectivity index (χ0n) is 42.2. The Labute approximate surface area is 415 Å². The van der Waals surface area contributed by atoms with E-state index >= 15 is 0 Å². The summed E-state index contributed by atoms with van der Waals surface area (Å²) < 4.78 is 5.81. The third kappa shape index (κ3) is 20.0. The lowest BCUT2D eigenvalue weighted by atomic mass is 9.94. The third-order valence-electron chi connectivity index (χ3n) is 12.0. The number of nitrogens with one attached hydrogen (secondary N) is 6. The molecule has 0 bridgehead atoms. The molecule has 1 aliphatic heterocycles. The van der Waals surface area contributed by atoms with Crippen LogP contribution in [0.2, 0.25) is 0 Å². The zero-order valence-corrected chi connectivity index (χ0v) is 42.2. The first-order valence-electron chi connectivity index (χ1n) is 23.5. The summed E-state index contributed by atoms with van der Waals surface area (Å²) >= 11 is 0. The highest BCUT2D eigenvalue weighted by Gasteiger charge is 2.37. The Morgan fingerprint density at radius 2 is 1.45 bits per heavy atom. The second-order valence-electron chi connectivity index (χ2n) is 18.3. The molecule has 7 amide bonds. The average molecular weight is 995 g/mol. The van der Waals surface area contributed by atoms with Gasteiger partial charge in [0.25, 0.3) is 5.91 Å². The van der Waals surface area contributed by atoms with E-state index < -0.39 is 120 Å². The molecule has 0 unspecified atom stereocenters. The average Bonchev–Trinajstić information content (AvgIpc) is 3.31. The van der Waals surface area contributed by atoms with Crippen LogP contribution >= 0.6 is 0 Å². The van der Waals surface area contributed by atoms with Crippen LogP contribution in [0.25, 0.3) is 0 Å². The summed E-state index contributed by atoms with van der Waals surface area (Å²) in [7, 11) is 2.82. The molecule has 0 aromatic heterocycles. The molecule has 1 heterocycles. The topological polar surface area (TPSA) is 343 Å². The Kier molecular flexibility index (Phi) is 24.7. The Bertz CT molecular complexity index is 2160. The van der Waals surface area contributed by atoms with Crippen molar-refractivity contribution in [1.29, 1.82) is 0 Å². The van der Waals surface area contributed by atoms with Gasteiger partial charge in [-0.25, -0.2) is 9.59 Å². The number of allylic oxidation sites excluding steroid dienone is 2. The normalized spacial score (nSPS) is 25.3. The zero-order chi connectivity index (χ0) is 53.7. The monoisotopic (exact) mass is 995 g/mol. The van der Waals surface area contributed by atoms with Gasteiger partial charge in [-0.1, -0.05) is 95.3 Å². The molecular weight excluding hydrogens is 921 g/mol. The van der Waals surface area contributed by atoms with Gasteiger partial charge in [0.1, 0.15) is 35.9 Å². The maximum Gasteiger partial charge on any atom is 0.327 e. The van der Waals surface area contributed by atoms with Gasteiger partial charge >= 0.3 is 11.9 Å². The number of rotatable bonds is 15. The molecule has 392 valence electrons. The van der Waals surface area contributed by atoms with Crippen molar-refractivity contribution < 1.29 is 58.1 Å². The molecule has 0 saturated carbocycles. The number of amides is 7. The summed E-state index contributed by atoms with van der Waals surface area (Å²) in [6.45, 7) is 14.9. The van der Waals surface area contributed by atoms with Crippen molar-refractivity contribution in [2.75, 3.05) is 20.7 Å². The fourth-order valence-corrected chi connectivity index (χ4v) is 7.46. The summed E-state index contributed by atoms with van der Waals surface area (Å²) in [5, 5.41) is 35.5. The van der Waals surface area contributed by atoms with Crippen LogP contribution in [-0.2, 0) is 54.3 Å². The van der Waals surface area contributed by atoms with Crippen LogP contribution in [0.5, 0.6) is 0 Å². The number of aliphatic carboxylic acids is 2. The lowest BCUT2D eigenvalue weighted by Gasteiger charge is -2.28. The van der Waals surface area contributed by atoms with Crippen LogP contribution in [0.15, 0.2) is 71.4 Å². The van der Waals surface area contributed by atoms with E-state index in [2.05, 4.69) is 43.5 Å². The maximum atomic E-state index is 14.4. The number of nitrogens with zero attached hydrogens (tertiary/aromatic N) is 2. The lowest BCUT2D eigenvalue weighted by Crippen LogP contribution is -2.59. The van der Waals surface area contributed by atoms with Crippen molar-refractivity contribution in [3.05, 3.63) is 72.0 Å². The highest BCUT2D eigenvalue weighted by atomic mass is 16.5. The van der Waals surface area contributed by atoms with Gasteiger partial charge in [0.05, 0.1) is 24.0 Å². The lowest BCUT2D eigenvalue weighted by molar-refractivity contribution is -0.146. The van der Waals surface area contributed by atoms with Gasteiger partial charge in [-0.15, -0.1) is 0 Å². The minimum absolute atomic E-state index is 0.00610. The Morgan fingerprint density at radius 3 is 2.03 bits per heavy atom. The number of carbonyl (C=O) groups is 9. The van der Waals surface area contributed by atoms with Gasteiger partial charge in [0.2, 0.25) is 35.4 Å². The van der Waals surface area contributed by atoms with Gasteiger partial charge in [-0.2, -0.15) is 0 Å². The summed E-state index contributed by atoms with van der Waals surface area (Å²) in [6, 6.07) is 0.998. The second kappa shape index (κ2) is 29.2. The first kappa shape index (κ1) is 60.0. The highest BCUT2D eigenvalue weighted by Crippen LogP contribution is 2.19. The molecule has 22 heteroatoms. The van der Waals surface area contributed by atoms with Crippen molar-refractivity contribution in [2.24, 2.45) is 40.1 Å². The molecule has 1 aromatic rings. The van der Waals surface area contributed by atoms with Crippen molar-refractivity contribution in [1.82, 2.24) is 36.8 Å². The summed E-state index contributed by atoms with van der Waals surface area (Å²) in [4.78, 5) is 126. The standard InChI is InChI=1S/C49H74N10O12/c1-26(2)23-37-46(66)58-40(48(69)70)30(6)42(62)55-35(17-14-22-52-49(50)51)45(65)54-34(19-18-27(3)24-28(4)38(71-10)25-33-15-12-11-13-16-33)29(5)41(61)56-36(47(67)68)20-21-39(60)59(9)32(8)44(64)53-31(7)43(63)57-37/h11-13,15-16,18-19,24,26,28-31,34-38,40H,8,14,17,20-23,25H2,1-7,9-10H3,(H,53,64)(H,54,65)(H,55,62)(H,56,61)(H,57,63)(H,58,66)(H,67,68)(H,69,70)(H4,50,51,52)/b19-18+,27-24+/t28-,29-,30-,31+,34-,35-,36-,37-,38-,40+/m0/s1. The molecule has 71 heavy (non-hydrogen) atoms. The predicted octanol–water partition coefficient (Wildman–Crippen LogP) is 0.618. The Hall–Kier alpha value is -7.10. The maximum absolute atomic E-state index is 14.4. The number of guanidine groups is 1. The van der Waals surface area contributed by atoms with E-state index in [9.17, 15) is 53.4 Å². The number of benzene rings is 1. The number of carboxylic acids is 2. The van der Waals surface area contributed by atoms with Crippen LogP contribution < -0.4 is 43.4 Å². The Morgan fingerprint density at radius 1 is 0.845 bits per heavy atom. The summed E-state index contributed by atoms with van der Waals surface area (Å²) in [5.74, 6) is -12.6. The van der Waals surface area contributed by atoms with Crippen molar-refractivity contribution in [2.45, 2.75) is 129 Å².